The van der Waals surface area contributed by atoms with E-state index in [2.05, 4.69) is 4.74 Å². The van der Waals surface area contributed by atoms with Crippen LogP contribution in [0.4, 0.5) is 13.2 Å². The number of halogens is 3. The average molecular weight is 399 g/mol. The molecule has 27 heavy (non-hydrogen) atoms. The van der Waals surface area contributed by atoms with E-state index in [4.69, 9.17) is 0 Å². The van der Waals surface area contributed by atoms with Gasteiger partial charge in [0.25, 0.3) is 0 Å². The van der Waals surface area contributed by atoms with Crippen LogP contribution in [0.25, 0.3) is 0 Å². The maximum atomic E-state index is 13.1. The van der Waals surface area contributed by atoms with Crippen molar-refractivity contribution in [3.05, 3.63) is 60.2 Å². The Morgan fingerprint density at radius 2 is 1.63 bits per heavy atom. The molecule has 0 spiro atoms. The van der Waals surface area contributed by atoms with Crippen molar-refractivity contribution in [2.75, 3.05) is 13.1 Å². The van der Waals surface area contributed by atoms with Gasteiger partial charge in [-0.1, -0.05) is 48.9 Å². The van der Waals surface area contributed by atoms with Crippen LogP contribution in [0.2, 0.25) is 0 Å². The van der Waals surface area contributed by atoms with E-state index < -0.39 is 27.0 Å². The van der Waals surface area contributed by atoms with Crippen LogP contribution in [0, 0.1) is 0 Å². The van der Waals surface area contributed by atoms with E-state index in [1.54, 1.807) is 0 Å². The van der Waals surface area contributed by atoms with Crippen LogP contribution in [0.5, 0.6) is 5.75 Å². The lowest BCUT2D eigenvalue weighted by atomic mass is 9.95. The minimum atomic E-state index is -4.96. The highest BCUT2D eigenvalue weighted by Crippen LogP contribution is 2.34. The standard InChI is InChI=1S/C19H20F3NO3S/c20-19(21,22)26-17-11-4-5-12-18(17)27(24,25)23-13-7-6-10-16(14-23)15-8-2-1-3-9-15/h1-5,8-9,11-12,16H,6-7,10,13-14H2. The summed E-state index contributed by atoms with van der Waals surface area (Å²) in [7, 11) is -4.12. The normalized spacial score (nSPS) is 19.4. The summed E-state index contributed by atoms with van der Waals surface area (Å²) in [5.41, 5.74) is 1.03. The largest absolute Gasteiger partial charge is 0.573 e. The van der Waals surface area contributed by atoms with E-state index in [1.807, 2.05) is 30.3 Å². The molecule has 4 nitrogen and oxygen atoms in total. The first-order valence-corrected chi connectivity index (χ1v) is 10.1. The summed E-state index contributed by atoms with van der Waals surface area (Å²) in [6, 6.07) is 14.4. The van der Waals surface area contributed by atoms with Gasteiger partial charge in [0, 0.05) is 13.1 Å². The van der Waals surface area contributed by atoms with Gasteiger partial charge in [0.15, 0.2) is 0 Å². The molecule has 146 valence electrons. The van der Waals surface area contributed by atoms with Crippen molar-refractivity contribution in [1.29, 1.82) is 0 Å². The minimum Gasteiger partial charge on any atom is -0.404 e. The molecule has 1 aliphatic rings. The lowest BCUT2D eigenvalue weighted by Gasteiger charge is -2.25. The zero-order chi connectivity index (χ0) is 19.5. The Bertz CT molecular complexity index is 869. The summed E-state index contributed by atoms with van der Waals surface area (Å²) in [6.07, 6.45) is -2.62. The summed E-state index contributed by atoms with van der Waals surface area (Å²) in [5.74, 6) is -0.704. The van der Waals surface area contributed by atoms with Crippen molar-refractivity contribution in [1.82, 2.24) is 4.31 Å². The van der Waals surface area contributed by atoms with Gasteiger partial charge in [-0.2, -0.15) is 4.31 Å². The third-order valence-electron chi connectivity index (χ3n) is 4.60. The third kappa shape index (κ3) is 4.81. The van der Waals surface area contributed by atoms with E-state index in [0.29, 0.717) is 6.42 Å². The molecule has 8 heteroatoms. The molecule has 3 rings (SSSR count). The Morgan fingerprint density at radius 1 is 0.963 bits per heavy atom. The number of alkyl halides is 3. The van der Waals surface area contributed by atoms with Crippen LogP contribution < -0.4 is 4.74 Å². The summed E-state index contributed by atoms with van der Waals surface area (Å²) < 4.78 is 69.4. The molecule has 0 N–H and O–H groups in total. The van der Waals surface area contributed by atoms with Crippen LogP contribution >= 0.6 is 0 Å². The molecule has 1 heterocycles. The highest BCUT2D eigenvalue weighted by molar-refractivity contribution is 7.89. The van der Waals surface area contributed by atoms with Crippen LogP contribution in [0.15, 0.2) is 59.5 Å². The molecule has 1 unspecified atom stereocenters. The minimum absolute atomic E-state index is 0.000767. The molecule has 0 saturated carbocycles. The van der Waals surface area contributed by atoms with Crippen molar-refractivity contribution in [3.63, 3.8) is 0 Å². The lowest BCUT2D eigenvalue weighted by molar-refractivity contribution is -0.275. The molecule has 0 bridgehead atoms. The monoisotopic (exact) mass is 399 g/mol. The van der Waals surface area contributed by atoms with Gasteiger partial charge >= 0.3 is 6.36 Å². The lowest BCUT2D eigenvalue weighted by Crippen LogP contribution is -2.34. The highest BCUT2D eigenvalue weighted by atomic mass is 32.2. The van der Waals surface area contributed by atoms with Gasteiger partial charge in [-0.05, 0) is 36.5 Å². The number of benzene rings is 2. The Balaban J connectivity index is 1.92. The summed E-state index contributed by atoms with van der Waals surface area (Å²) in [5, 5.41) is 0. The molecule has 1 aliphatic heterocycles. The van der Waals surface area contributed by atoms with Gasteiger partial charge < -0.3 is 4.74 Å². The third-order valence-corrected chi connectivity index (χ3v) is 6.50. The number of hydrogen-bond acceptors (Lipinski definition) is 3. The second-order valence-electron chi connectivity index (χ2n) is 6.46. The molecule has 1 saturated heterocycles. The van der Waals surface area contributed by atoms with Crippen molar-refractivity contribution < 1.29 is 26.3 Å². The second-order valence-corrected chi connectivity index (χ2v) is 8.37. The molecule has 0 aliphatic carbocycles. The molecular weight excluding hydrogens is 379 g/mol. The van der Waals surface area contributed by atoms with E-state index in [0.717, 1.165) is 30.5 Å². The molecular formula is C19H20F3NO3S. The van der Waals surface area contributed by atoms with Gasteiger partial charge in [0.1, 0.15) is 10.6 Å². The summed E-state index contributed by atoms with van der Waals surface area (Å²) >= 11 is 0. The predicted molar refractivity (Wildman–Crippen MR) is 94.9 cm³/mol. The van der Waals surface area contributed by atoms with Crippen molar-refractivity contribution in [3.8, 4) is 5.75 Å². The van der Waals surface area contributed by atoms with E-state index >= 15 is 0 Å². The maximum absolute atomic E-state index is 13.1. The number of hydrogen-bond donors (Lipinski definition) is 0. The Hall–Kier alpha value is -2.06. The fourth-order valence-electron chi connectivity index (χ4n) is 3.33. The molecule has 0 aromatic heterocycles. The Labute approximate surface area is 156 Å². The maximum Gasteiger partial charge on any atom is 0.573 e. The second kappa shape index (κ2) is 7.90. The smallest absolute Gasteiger partial charge is 0.404 e. The van der Waals surface area contributed by atoms with Crippen molar-refractivity contribution in [2.45, 2.75) is 36.4 Å². The topological polar surface area (TPSA) is 46.6 Å². The fraction of sp³-hybridized carbons (Fsp3) is 0.368. The van der Waals surface area contributed by atoms with E-state index in [9.17, 15) is 21.6 Å². The van der Waals surface area contributed by atoms with Gasteiger partial charge in [-0.15, -0.1) is 13.2 Å². The van der Waals surface area contributed by atoms with Crippen LogP contribution in [-0.4, -0.2) is 32.2 Å². The van der Waals surface area contributed by atoms with Crippen molar-refractivity contribution in [2.24, 2.45) is 0 Å². The molecule has 0 amide bonds. The fourth-order valence-corrected chi connectivity index (χ4v) is 4.97. The summed E-state index contributed by atoms with van der Waals surface area (Å²) in [6.45, 7) is 0.499. The van der Waals surface area contributed by atoms with Crippen LogP contribution in [0.1, 0.15) is 30.7 Å². The van der Waals surface area contributed by atoms with E-state index in [-0.39, 0.29) is 19.0 Å². The molecule has 0 radical (unpaired) electrons. The number of sulfonamides is 1. The Kier molecular flexibility index (Phi) is 5.76. The SMILES string of the molecule is O=S(=O)(c1ccccc1OC(F)(F)F)N1CCCCC(c2ccccc2)C1. The highest BCUT2D eigenvalue weighted by Gasteiger charge is 2.36. The Morgan fingerprint density at radius 3 is 2.33 bits per heavy atom. The van der Waals surface area contributed by atoms with Crippen molar-refractivity contribution >= 4 is 10.0 Å². The first-order chi connectivity index (χ1) is 12.8. The zero-order valence-corrected chi connectivity index (χ0v) is 15.3. The van der Waals surface area contributed by atoms with E-state index in [1.165, 1.54) is 16.4 Å². The van der Waals surface area contributed by atoms with Crippen LogP contribution in [-0.2, 0) is 10.0 Å². The zero-order valence-electron chi connectivity index (χ0n) is 14.5. The number of rotatable bonds is 4. The predicted octanol–water partition coefficient (Wildman–Crippen LogP) is 4.54. The summed E-state index contributed by atoms with van der Waals surface area (Å²) in [4.78, 5) is -0.462. The molecule has 2 aromatic rings. The first kappa shape index (κ1) is 19.7. The molecule has 1 atom stereocenters. The van der Waals surface area contributed by atoms with Gasteiger partial charge in [-0.3, -0.25) is 0 Å². The molecule has 1 fully saturated rings. The van der Waals surface area contributed by atoms with Gasteiger partial charge in [0.05, 0.1) is 0 Å². The number of nitrogens with zero attached hydrogens (tertiary/aromatic N) is 1. The van der Waals surface area contributed by atoms with Crippen LogP contribution in [0.3, 0.4) is 0 Å². The average Bonchev–Trinajstić information content (AvgIpc) is 2.88. The first-order valence-electron chi connectivity index (χ1n) is 8.67. The number of ether oxygens (including phenoxy) is 1. The quantitative estimate of drug-likeness (QED) is 0.758. The molecule has 2 aromatic carbocycles. The number of para-hydroxylation sites is 1. The van der Waals surface area contributed by atoms with Gasteiger partial charge in [-0.25, -0.2) is 8.42 Å². The van der Waals surface area contributed by atoms with Gasteiger partial charge in [0.2, 0.25) is 10.0 Å².